The number of nitrogens with one attached hydrogen (secondary N) is 1. The van der Waals surface area contributed by atoms with Crippen molar-refractivity contribution in [3.05, 3.63) is 92.4 Å². The molecule has 0 radical (unpaired) electrons. The number of hydrogen-bond donors (Lipinski definition) is 1. The van der Waals surface area contributed by atoms with E-state index in [0.717, 1.165) is 4.31 Å². The molecule has 1 atom stereocenters. The van der Waals surface area contributed by atoms with Gasteiger partial charge in [-0.3, -0.25) is 13.9 Å². The van der Waals surface area contributed by atoms with Crippen LogP contribution in [0.25, 0.3) is 0 Å². The van der Waals surface area contributed by atoms with E-state index in [1.165, 1.54) is 35.2 Å². The smallest absolute Gasteiger partial charge is 0.264 e. The maximum absolute atomic E-state index is 14.1. The molecule has 41 heavy (non-hydrogen) atoms. The highest BCUT2D eigenvalue weighted by atomic mass is 35.5. The number of halogens is 4. The molecule has 0 aliphatic heterocycles. The van der Waals surface area contributed by atoms with Gasteiger partial charge >= 0.3 is 0 Å². The summed E-state index contributed by atoms with van der Waals surface area (Å²) >= 11 is 25.2. The Morgan fingerprint density at radius 3 is 2.05 bits per heavy atom. The van der Waals surface area contributed by atoms with Gasteiger partial charge in [0.05, 0.1) is 20.6 Å². The van der Waals surface area contributed by atoms with Crippen molar-refractivity contribution >= 4 is 73.9 Å². The lowest BCUT2D eigenvalue weighted by Crippen LogP contribution is -2.52. The number of carbonyl (C=O) groups is 2. The Bertz CT molecular complexity index is 1470. The molecule has 0 saturated carbocycles. The molecule has 1 N–H and O–H groups in total. The van der Waals surface area contributed by atoms with E-state index in [-0.39, 0.29) is 45.4 Å². The lowest BCUT2D eigenvalue weighted by molar-refractivity contribution is -0.140. The number of nitrogens with zero attached hydrogens (tertiary/aromatic N) is 2. The molecule has 0 fully saturated rings. The highest BCUT2D eigenvalue weighted by molar-refractivity contribution is 7.92. The Morgan fingerprint density at radius 1 is 0.854 bits per heavy atom. The molecule has 3 aromatic rings. The molecule has 0 aromatic heterocycles. The topological polar surface area (TPSA) is 86.8 Å². The molecular weight excluding hydrogens is 628 g/mol. The van der Waals surface area contributed by atoms with Crippen LogP contribution in [0.4, 0.5) is 5.69 Å². The number of benzene rings is 3. The van der Waals surface area contributed by atoms with E-state index >= 15 is 0 Å². The molecule has 0 aliphatic rings. The van der Waals surface area contributed by atoms with Crippen LogP contribution >= 0.6 is 46.4 Å². The number of rotatable bonds is 12. The van der Waals surface area contributed by atoms with Gasteiger partial charge in [-0.25, -0.2) is 8.42 Å². The van der Waals surface area contributed by atoms with E-state index in [9.17, 15) is 18.0 Å². The number of anilines is 1. The van der Waals surface area contributed by atoms with Gasteiger partial charge in [0.2, 0.25) is 11.8 Å². The van der Waals surface area contributed by atoms with Crippen molar-refractivity contribution in [2.24, 2.45) is 5.92 Å². The average Bonchev–Trinajstić information content (AvgIpc) is 2.93. The summed E-state index contributed by atoms with van der Waals surface area (Å²) in [7, 11) is -4.24. The van der Waals surface area contributed by atoms with Crippen LogP contribution in [0, 0.1) is 5.92 Å². The Balaban J connectivity index is 2.10. The van der Waals surface area contributed by atoms with Gasteiger partial charge < -0.3 is 10.2 Å². The summed E-state index contributed by atoms with van der Waals surface area (Å²) in [4.78, 5) is 28.7. The fourth-order valence-electron chi connectivity index (χ4n) is 4.08. The van der Waals surface area contributed by atoms with Gasteiger partial charge in [0.25, 0.3) is 10.0 Å². The van der Waals surface area contributed by atoms with E-state index < -0.39 is 28.5 Å². The molecule has 1 unspecified atom stereocenters. The molecule has 3 rings (SSSR count). The highest BCUT2D eigenvalue weighted by Gasteiger charge is 2.34. The predicted octanol–water partition coefficient (Wildman–Crippen LogP) is 7.08. The van der Waals surface area contributed by atoms with Gasteiger partial charge in [-0.1, -0.05) is 91.4 Å². The number of carbonyl (C=O) groups excluding carboxylic acids is 2. The summed E-state index contributed by atoms with van der Waals surface area (Å²) in [6, 6.07) is 16.0. The molecule has 2 amide bonds. The standard InChI is InChI=1S/C29H31Cl4N3O4S/c1-4-27(29(38)34-16-19(2)3)35(17-22-23(30)11-8-12-24(22)31)28(37)18-36(20-13-14-25(32)26(33)15-20)41(39,40)21-9-6-5-7-10-21/h5-15,19,27H,4,16-18H2,1-3H3,(H,34,38). The minimum absolute atomic E-state index is 0.0266. The Labute approximate surface area is 261 Å². The predicted molar refractivity (Wildman–Crippen MR) is 166 cm³/mol. The molecule has 0 aliphatic carbocycles. The van der Waals surface area contributed by atoms with Crippen molar-refractivity contribution < 1.29 is 18.0 Å². The van der Waals surface area contributed by atoms with Crippen LogP contribution in [0.2, 0.25) is 20.1 Å². The third-order valence-electron chi connectivity index (χ3n) is 6.26. The van der Waals surface area contributed by atoms with Crippen molar-refractivity contribution in [2.75, 3.05) is 17.4 Å². The molecule has 3 aromatic carbocycles. The number of amides is 2. The summed E-state index contributed by atoms with van der Waals surface area (Å²) in [6.45, 7) is 5.33. The van der Waals surface area contributed by atoms with Crippen LogP contribution in [-0.2, 0) is 26.2 Å². The van der Waals surface area contributed by atoms with Crippen LogP contribution in [0.5, 0.6) is 0 Å². The largest absolute Gasteiger partial charge is 0.354 e. The summed E-state index contributed by atoms with van der Waals surface area (Å²) in [5.41, 5.74) is 0.566. The van der Waals surface area contributed by atoms with Gasteiger partial charge in [0.15, 0.2) is 0 Å². The fraction of sp³-hybridized carbons (Fsp3) is 0.310. The lowest BCUT2D eigenvalue weighted by atomic mass is 10.1. The molecule has 12 heteroatoms. The van der Waals surface area contributed by atoms with Crippen molar-refractivity contribution in [3.63, 3.8) is 0 Å². The van der Waals surface area contributed by atoms with Gasteiger partial charge in [0.1, 0.15) is 12.6 Å². The third-order valence-corrected chi connectivity index (χ3v) is 9.50. The zero-order valence-corrected chi connectivity index (χ0v) is 26.6. The number of sulfonamides is 1. The maximum atomic E-state index is 14.1. The second kappa shape index (κ2) is 14.6. The van der Waals surface area contributed by atoms with E-state index in [1.807, 2.05) is 13.8 Å². The van der Waals surface area contributed by atoms with Gasteiger partial charge in [-0.15, -0.1) is 0 Å². The van der Waals surface area contributed by atoms with Gasteiger partial charge in [0, 0.05) is 28.7 Å². The first-order valence-electron chi connectivity index (χ1n) is 12.9. The van der Waals surface area contributed by atoms with Gasteiger partial charge in [-0.2, -0.15) is 0 Å². The van der Waals surface area contributed by atoms with Crippen molar-refractivity contribution in [1.82, 2.24) is 10.2 Å². The molecule has 7 nitrogen and oxygen atoms in total. The van der Waals surface area contributed by atoms with Crippen LogP contribution in [-0.4, -0.2) is 44.3 Å². The minimum Gasteiger partial charge on any atom is -0.354 e. The first kappa shape index (κ1) is 33.0. The van der Waals surface area contributed by atoms with E-state index in [0.29, 0.717) is 22.2 Å². The fourth-order valence-corrected chi connectivity index (χ4v) is 6.32. The third kappa shape index (κ3) is 8.30. The normalized spacial score (nSPS) is 12.2. The van der Waals surface area contributed by atoms with E-state index in [2.05, 4.69) is 5.32 Å². The van der Waals surface area contributed by atoms with Crippen LogP contribution in [0.15, 0.2) is 71.6 Å². The quantitative estimate of drug-likeness (QED) is 0.225. The van der Waals surface area contributed by atoms with Crippen molar-refractivity contribution in [2.45, 2.75) is 44.7 Å². The molecule has 0 spiro atoms. The van der Waals surface area contributed by atoms with E-state index in [4.69, 9.17) is 46.4 Å². The zero-order chi connectivity index (χ0) is 30.3. The molecule has 0 saturated heterocycles. The van der Waals surface area contributed by atoms with Crippen molar-refractivity contribution in [3.8, 4) is 0 Å². The van der Waals surface area contributed by atoms with E-state index in [1.54, 1.807) is 43.3 Å². The summed E-state index contributed by atoms with van der Waals surface area (Å²) in [5, 5.41) is 3.84. The zero-order valence-electron chi connectivity index (χ0n) is 22.8. The molecular formula is C29H31Cl4N3O4S. The Morgan fingerprint density at radius 2 is 1.49 bits per heavy atom. The Hall–Kier alpha value is -2.49. The highest BCUT2D eigenvalue weighted by Crippen LogP contribution is 2.32. The summed E-state index contributed by atoms with van der Waals surface area (Å²) in [6.07, 6.45) is 0.260. The summed E-state index contributed by atoms with van der Waals surface area (Å²) in [5.74, 6) is -0.831. The Kier molecular flexibility index (Phi) is 11.8. The molecule has 0 heterocycles. The lowest BCUT2D eigenvalue weighted by Gasteiger charge is -2.33. The second-order valence-electron chi connectivity index (χ2n) is 9.71. The first-order chi connectivity index (χ1) is 19.4. The molecule has 220 valence electrons. The maximum Gasteiger partial charge on any atom is 0.264 e. The monoisotopic (exact) mass is 657 g/mol. The van der Waals surface area contributed by atoms with Crippen molar-refractivity contribution in [1.29, 1.82) is 0 Å². The first-order valence-corrected chi connectivity index (χ1v) is 15.8. The van der Waals surface area contributed by atoms with Crippen LogP contribution in [0.1, 0.15) is 32.8 Å². The van der Waals surface area contributed by atoms with Crippen LogP contribution < -0.4 is 9.62 Å². The summed E-state index contributed by atoms with van der Waals surface area (Å²) < 4.78 is 28.7. The second-order valence-corrected chi connectivity index (χ2v) is 13.2. The number of hydrogen-bond acceptors (Lipinski definition) is 4. The molecule has 0 bridgehead atoms. The average molecular weight is 659 g/mol. The van der Waals surface area contributed by atoms with Gasteiger partial charge in [-0.05, 0) is 54.8 Å². The van der Waals surface area contributed by atoms with Crippen LogP contribution in [0.3, 0.4) is 0 Å². The SMILES string of the molecule is CCC(C(=O)NCC(C)C)N(Cc1c(Cl)cccc1Cl)C(=O)CN(c1ccc(Cl)c(Cl)c1)S(=O)(=O)c1ccccc1. The minimum atomic E-state index is -4.24.